The van der Waals surface area contributed by atoms with Crippen LogP contribution in [0.15, 0.2) is 0 Å². The van der Waals surface area contributed by atoms with E-state index in [0.29, 0.717) is 36.9 Å². The summed E-state index contributed by atoms with van der Waals surface area (Å²) < 4.78 is 0. The van der Waals surface area contributed by atoms with E-state index in [9.17, 15) is 9.59 Å². The number of nitrogens with zero attached hydrogens (tertiary/aromatic N) is 1. The zero-order valence-electron chi connectivity index (χ0n) is 12.9. The van der Waals surface area contributed by atoms with Gasteiger partial charge in [-0.05, 0) is 32.7 Å². The Morgan fingerprint density at radius 1 is 1.32 bits per heavy atom. The summed E-state index contributed by atoms with van der Waals surface area (Å²) in [5, 5.41) is 3.18. The van der Waals surface area contributed by atoms with Gasteiger partial charge in [-0.25, -0.2) is 0 Å². The highest BCUT2D eigenvalue weighted by molar-refractivity contribution is 5.82. The van der Waals surface area contributed by atoms with Gasteiger partial charge in [-0.2, -0.15) is 0 Å². The van der Waals surface area contributed by atoms with Crippen LogP contribution >= 0.6 is 0 Å². The van der Waals surface area contributed by atoms with E-state index in [1.807, 2.05) is 27.8 Å². The lowest BCUT2D eigenvalue weighted by Gasteiger charge is -2.16. The molecule has 1 aliphatic carbocycles. The molecule has 0 radical (unpaired) electrons. The summed E-state index contributed by atoms with van der Waals surface area (Å²) in [5.74, 6) is 1.21. The molecule has 0 spiro atoms. The Morgan fingerprint density at radius 3 is 2.47 bits per heavy atom. The number of Topliss-reactive ketones (excluding diaryl/α,β-unsaturated/α-hetero) is 2. The number of carbonyl (C=O) groups excluding carboxylic acids is 2. The predicted molar refractivity (Wildman–Crippen MR) is 77.1 cm³/mol. The molecule has 4 nitrogen and oxygen atoms in total. The van der Waals surface area contributed by atoms with E-state index < -0.39 is 0 Å². The van der Waals surface area contributed by atoms with Crippen LogP contribution in [0.5, 0.6) is 0 Å². The quantitative estimate of drug-likeness (QED) is 0.688. The normalized spacial score (nSPS) is 23.7. The van der Waals surface area contributed by atoms with Crippen molar-refractivity contribution in [3.63, 3.8) is 0 Å². The summed E-state index contributed by atoms with van der Waals surface area (Å²) in [7, 11) is 2.00. The Balaban J connectivity index is 2.26. The molecule has 1 fully saturated rings. The first-order chi connectivity index (χ1) is 8.81. The van der Waals surface area contributed by atoms with Crippen LogP contribution in [0.2, 0.25) is 0 Å². The van der Waals surface area contributed by atoms with Gasteiger partial charge in [0.2, 0.25) is 0 Å². The summed E-state index contributed by atoms with van der Waals surface area (Å²) in [4.78, 5) is 25.1. The second-order valence-electron chi connectivity index (χ2n) is 6.32. The first kappa shape index (κ1) is 16.3. The van der Waals surface area contributed by atoms with Crippen molar-refractivity contribution in [2.45, 2.75) is 52.6 Å². The molecule has 19 heavy (non-hydrogen) atoms. The third kappa shape index (κ3) is 5.83. The summed E-state index contributed by atoms with van der Waals surface area (Å²) in [6.45, 7) is 8.73. The molecule has 3 atom stereocenters. The number of nitrogens with one attached hydrogen (secondary N) is 1. The maximum absolute atomic E-state index is 11.9. The van der Waals surface area contributed by atoms with Gasteiger partial charge in [-0.1, -0.05) is 20.8 Å². The summed E-state index contributed by atoms with van der Waals surface area (Å²) >= 11 is 0. The van der Waals surface area contributed by atoms with Crippen molar-refractivity contribution in [2.24, 2.45) is 11.8 Å². The summed E-state index contributed by atoms with van der Waals surface area (Å²) in [6, 6.07) is 0.851. The average Bonchev–Trinajstić information content (AvgIpc) is 3.04. The van der Waals surface area contributed by atoms with E-state index in [4.69, 9.17) is 0 Å². The molecule has 0 bridgehead atoms. The number of hydrogen-bond acceptors (Lipinski definition) is 4. The number of hydrogen-bond donors (Lipinski definition) is 1. The Hall–Kier alpha value is -0.740. The Morgan fingerprint density at radius 2 is 1.95 bits per heavy atom. The Labute approximate surface area is 116 Å². The van der Waals surface area contributed by atoms with Crippen LogP contribution in [0.4, 0.5) is 0 Å². The topological polar surface area (TPSA) is 49.4 Å². The molecule has 1 saturated carbocycles. The fourth-order valence-electron chi connectivity index (χ4n) is 2.56. The molecule has 1 rings (SSSR count). The molecule has 2 unspecified atom stereocenters. The molecule has 0 aromatic heterocycles. The first-order valence-electron chi connectivity index (χ1n) is 7.27. The van der Waals surface area contributed by atoms with E-state index in [-0.39, 0.29) is 11.7 Å². The van der Waals surface area contributed by atoms with E-state index in [0.717, 1.165) is 12.8 Å². The minimum atomic E-state index is 0.118. The molecular weight excluding hydrogens is 240 g/mol. The van der Waals surface area contributed by atoms with Crippen LogP contribution in [0.25, 0.3) is 0 Å². The third-order valence-electron chi connectivity index (χ3n) is 3.81. The minimum Gasteiger partial charge on any atom is -0.308 e. The van der Waals surface area contributed by atoms with Crippen LogP contribution < -0.4 is 5.32 Å². The number of rotatable bonds is 9. The zero-order chi connectivity index (χ0) is 14.6. The lowest BCUT2D eigenvalue weighted by molar-refractivity contribution is -0.122. The van der Waals surface area contributed by atoms with Gasteiger partial charge in [0.05, 0.1) is 13.1 Å². The Kier molecular flexibility index (Phi) is 6.14. The zero-order valence-corrected chi connectivity index (χ0v) is 12.9. The summed E-state index contributed by atoms with van der Waals surface area (Å²) in [5.41, 5.74) is 0. The fourth-order valence-corrected chi connectivity index (χ4v) is 2.56. The van der Waals surface area contributed by atoms with Crippen molar-refractivity contribution in [1.29, 1.82) is 0 Å². The molecule has 0 amide bonds. The van der Waals surface area contributed by atoms with E-state index >= 15 is 0 Å². The number of ketones is 2. The van der Waals surface area contributed by atoms with E-state index in [1.54, 1.807) is 6.92 Å². The second kappa shape index (κ2) is 7.15. The van der Waals surface area contributed by atoms with Crippen LogP contribution in [0.3, 0.4) is 0 Å². The maximum atomic E-state index is 11.9. The SMILES string of the molecule is CC(=O)CN(C)C1CC1C[C@@H](C)C(=O)CNC(C)C. The molecule has 0 heterocycles. The molecule has 1 aliphatic rings. The highest BCUT2D eigenvalue weighted by atomic mass is 16.1. The van der Waals surface area contributed by atoms with Crippen molar-refractivity contribution in [1.82, 2.24) is 10.2 Å². The smallest absolute Gasteiger partial charge is 0.149 e. The average molecular weight is 268 g/mol. The third-order valence-corrected chi connectivity index (χ3v) is 3.81. The second-order valence-corrected chi connectivity index (χ2v) is 6.32. The lowest BCUT2D eigenvalue weighted by atomic mass is 9.99. The lowest BCUT2D eigenvalue weighted by Crippen LogP contribution is -2.32. The van der Waals surface area contributed by atoms with Gasteiger partial charge in [0, 0.05) is 18.0 Å². The van der Waals surface area contributed by atoms with Gasteiger partial charge in [0.1, 0.15) is 11.6 Å². The highest BCUT2D eigenvalue weighted by Crippen LogP contribution is 2.39. The number of carbonyl (C=O) groups is 2. The van der Waals surface area contributed by atoms with Gasteiger partial charge >= 0.3 is 0 Å². The molecular formula is C15H28N2O2. The van der Waals surface area contributed by atoms with Crippen molar-refractivity contribution < 1.29 is 9.59 Å². The maximum Gasteiger partial charge on any atom is 0.149 e. The minimum absolute atomic E-state index is 0.118. The molecule has 110 valence electrons. The van der Waals surface area contributed by atoms with Crippen LogP contribution in [-0.4, -0.2) is 48.7 Å². The highest BCUT2D eigenvalue weighted by Gasteiger charge is 2.41. The van der Waals surface area contributed by atoms with Crippen LogP contribution in [-0.2, 0) is 9.59 Å². The number of likely N-dealkylation sites (N-methyl/N-ethyl adjacent to an activating group) is 1. The standard InChI is InChI=1S/C15H28N2O2/c1-10(2)16-8-15(19)11(3)6-13-7-14(13)17(5)9-12(4)18/h10-11,13-14,16H,6-9H2,1-5H3/t11-,13?,14?/m1/s1. The van der Waals surface area contributed by atoms with Crippen molar-refractivity contribution in [2.75, 3.05) is 20.1 Å². The fraction of sp³-hybridized carbons (Fsp3) is 0.867. The van der Waals surface area contributed by atoms with Crippen LogP contribution in [0.1, 0.15) is 40.5 Å². The molecule has 4 heteroatoms. The van der Waals surface area contributed by atoms with Gasteiger partial charge in [-0.3, -0.25) is 14.5 Å². The predicted octanol–water partition coefficient (Wildman–Crippen LogP) is 1.49. The van der Waals surface area contributed by atoms with Gasteiger partial charge in [0.15, 0.2) is 0 Å². The molecule has 0 aliphatic heterocycles. The van der Waals surface area contributed by atoms with Gasteiger partial charge < -0.3 is 5.32 Å². The molecule has 0 aromatic carbocycles. The van der Waals surface area contributed by atoms with Crippen molar-refractivity contribution in [3.05, 3.63) is 0 Å². The van der Waals surface area contributed by atoms with E-state index in [2.05, 4.69) is 10.2 Å². The van der Waals surface area contributed by atoms with E-state index in [1.165, 1.54) is 0 Å². The monoisotopic (exact) mass is 268 g/mol. The van der Waals surface area contributed by atoms with Gasteiger partial charge in [-0.15, -0.1) is 0 Å². The molecule has 0 saturated heterocycles. The molecule has 1 N–H and O–H groups in total. The van der Waals surface area contributed by atoms with Crippen molar-refractivity contribution in [3.8, 4) is 0 Å². The molecule has 0 aromatic rings. The van der Waals surface area contributed by atoms with Crippen LogP contribution in [0, 0.1) is 11.8 Å². The van der Waals surface area contributed by atoms with Gasteiger partial charge in [0.25, 0.3) is 0 Å². The van der Waals surface area contributed by atoms with Crippen molar-refractivity contribution >= 4 is 11.6 Å². The summed E-state index contributed by atoms with van der Waals surface area (Å²) in [6.07, 6.45) is 2.07. The largest absolute Gasteiger partial charge is 0.308 e. The first-order valence-corrected chi connectivity index (χ1v) is 7.27. The Bertz CT molecular complexity index is 328.